The first-order valence-corrected chi connectivity index (χ1v) is 8.82. The predicted octanol–water partition coefficient (Wildman–Crippen LogP) is 4.28. The van der Waals surface area contributed by atoms with E-state index in [1.165, 1.54) is 17.5 Å². The number of thioether (sulfide) groups is 1. The van der Waals surface area contributed by atoms with E-state index in [4.69, 9.17) is 0 Å². The molecule has 0 saturated carbocycles. The highest BCUT2D eigenvalue weighted by Crippen LogP contribution is 2.26. The lowest BCUT2D eigenvalue weighted by atomic mass is 10.2. The van der Waals surface area contributed by atoms with Crippen molar-refractivity contribution in [3.05, 3.63) is 41.7 Å². The number of hydrogen-bond acceptors (Lipinski definition) is 3. The number of aryl methyl sites for hydroxylation is 1. The van der Waals surface area contributed by atoms with Gasteiger partial charge in [-0.25, -0.2) is 4.98 Å². The van der Waals surface area contributed by atoms with Crippen LogP contribution < -0.4 is 5.32 Å². The fourth-order valence-electron chi connectivity index (χ4n) is 2.27. The number of aromatic nitrogens is 2. The molecule has 2 rings (SSSR count). The second-order valence-electron chi connectivity index (χ2n) is 6.19. The van der Waals surface area contributed by atoms with E-state index in [-0.39, 0.29) is 11.2 Å². The molecule has 1 N–H and O–H groups in total. The van der Waals surface area contributed by atoms with E-state index in [2.05, 4.69) is 35.6 Å². The van der Waals surface area contributed by atoms with Gasteiger partial charge in [-0.05, 0) is 38.8 Å². The molecule has 124 valence electrons. The molecule has 0 spiro atoms. The van der Waals surface area contributed by atoms with Crippen molar-refractivity contribution in [1.82, 2.24) is 9.55 Å². The minimum absolute atomic E-state index is 0.00407. The monoisotopic (exact) mass is 331 g/mol. The van der Waals surface area contributed by atoms with Crippen molar-refractivity contribution in [3.63, 3.8) is 0 Å². The zero-order valence-corrected chi connectivity index (χ0v) is 15.3. The Hall–Kier alpha value is -1.75. The Balaban J connectivity index is 2.09. The average Bonchev–Trinajstić information content (AvgIpc) is 2.75. The van der Waals surface area contributed by atoms with E-state index in [1.807, 2.05) is 44.2 Å². The van der Waals surface area contributed by atoms with Gasteiger partial charge in [0.2, 0.25) is 5.91 Å². The van der Waals surface area contributed by atoms with Gasteiger partial charge in [-0.2, -0.15) is 0 Å². The Morgan fingerprint density at radius 2 is 1.87 bits per heavy atom. The fraction of sp³-hybridized carbons (Fsp3) is 0.444. The van der Waals surface area contributed by atoms with Gasteiger partial charge in [0.15, 0.2) is 5.16 Å². The van der Waals surface area contributed by atoms with Crippen molar-refractivity contribution in [1.29, 1.82) is 0 Å². The van der Waals surface area contributed by atoms with Crippen LogP contribution in [0.3, 0.4) is 0 Å². The number of amides is 1. The smallest absolute Gasteiger partial charge is 0.237 e. The highest BCUT2D eigenvalue weighted by atomic mass is 32.2. The van der Waals surface area contributed by atoms with Crippen molar-refractivity contribution in [2.24, 2.45) is 5.92 Å². The molecule has 0 saturated heterocycles. The van der Waals surface area contributed by atoms with Gasteiger partial charge >= 0.3 is 0 Å². The SMILES string of the molecule is Cc1nc(S[C@H](C)C(=O)Nc2ccccc2)n(CC(C)C)c1C. The highest BCUT2D eigenvalue weighted by Gasteiger charge is 2.20. The zero-order valence-electron chi connectivity index (χ0n) is 14.5. The second kappa shape index (κ2) is 7.68. The molecular weight excluding hydrogens is 306 g/mol. The van der Waals surface area contributed by atoms with E-state index in [1.54, 1.807) is 0 Å². The Bertz CT molecular complexity index is 664. The molecule has 0 aliphatic heterocycles. The van der Waals surface area contributed by atoms with Crippen LogP contribution in [-0.2, 0) is 11.3 Å². The normalized spacial score (nSPS) is 12.4. The molecule has 1 aromatic heterocycles. The summed E-state index contributed by atoms with van der Waals surface area (Å²) in [4.78, 5) is 17.0. The third-order valence-electron chi connectivity index (χ3n) is 3.66. The summed E-state index contributed by atoms with van der Waals surface area (Å²) in [5.41, 5.74) is 3.03. The molecule has 0 bridgehead atoms. The highest BCUT2D eigenvalue weighted by molar-refractivity contribution is 8.00. The third kappa shape index (κ3) is 4.61. The van der Waals surface area contributed by atoms with Crippen LogP contribution in [0.5, 0.6) is 0 Å². The van der Waals surface area contributed by atoms with E-state index in [0.717, 1.165) is 23.1 Å². The molecule has 0 radical (unpaired) electrons. The Morgan fingerprint density at radius 3 is 2.48 bits per heavy atom. The largest absolute Gasteiger partial charge is 0.325 e. The summed E-state index contributed by atoms with van der Waals surface area (Å²) in [7, 11) is 0. The number of rotatable bonds is 6. The van der Waals surface area contributed by atoms with Crippen LogP contribution in [0.25, 0.3) is 0 Å². The lowest BCUT2D eigenvalue weighted by Gasteiger charge is -2.15. The van der Waals surface area contributed by atoms with Crippen LogP contribution in [0.15, 0.2) is 35.5 Å². The summed E-state index contributed by atoms with van der Waals surface area (Å²) in [5, 5.41) is 3.66. The lowest BCUT2D eigenvalue weighted by molar-refractivity contribution is -0.115. The Labute approximate surface area is 142 Å². The molecule has 1 amide bonds. The molecule has 0 fully saturated rings. The maximum absolute atomic E-state index is 12.4. The quantitative estimate of drug-likeness (QED) is 0.804. The van der Waals surface area contributed by atoms with Gasteiger partial charge < -0.3 is 9.88 Å². The first kappa shape index (κ1) is 17.6. The minimum atomic E-state index is -0.206. The number of carbonyl (C=O) groups is 1. The number of anilines is 1. The van der Waals surface area contributed by atoms with Crippen molar-refractivity contribution in [2.45, 2.75) is 51.6 Å². The molecule has 5 heteroatoms. The first-order valence-electron chi connectivity index (χ1n) is 7.94. The third-order valence-corrected chi connectivity index (χ3v) is 4.75. The van der Waals surface area contributed by atoms with Crippen LogP contribution in [0.1, 0.15) is 32.2 Å². The number of nitrogens with zero attached hydrogens (tertiary/aromatic N) is 2. The number of benzene rings is 1. The Kier molecular flexibility index (Phi) is 5.88. The number of imidazole rings is 1. The number of carbonyl (C=O) groups excluding carboxylic acids is 1. The van der Waals surface area contributed by atoms with Gasteiger partial charge in [0.25, 0.3) is 0 Å². The van der Waals surface area contributed by atoms with Crippen LogP contribution in [-0.4, -0.2) is 20.7 Å². The standard InChI is InChI=1S/C18H25N3OS/c1-12(2)11-21-14(4)13(3)19-18(21)23-15(5)17(22)20-16-9-7-6-8-10-16/h6-10,12,15H,11H2,1-5H3,(H,20,22)/t15-/m1/s1. The number of nitrogens with one attached hydrogen (secondary N) is 1. The van der Waals surface area contributed by atoms with Gasteiger partial charge in [0, 0.05) is 17.9 Å². The van der Waals surface area contributed by atoms with E-state index < -0.39 is 0 Å². The fourth-order valence-corrected chi connectivity index (χ4v) is 3.28. The molecule has 1 heterocycles. The Morgan fingerprint density at radius 1 is 1.22 bits per heavy atom. The van der Waals surface area contributed by atoms with Gasteiger partial charge in [0.05, 0.1) is 10.9 Å². The molecule has 23 heavy (non-hydrogen) atoms. The van der Waals surface area contributed by atoms with Crippen LogP contribution in [0.2, 0.25) is 0 Å². The van der Waals surface area contributed by atoms with Crippen LogP contribution >= 0.6 is 11.8 Å². The zero-order chi connectivity index (χ0) is 17.0. The molecule has 4 nitrogen and oxygen atoms in total. The molecule has 0 unspecified atom stereocenters. The van der Waals surface area contributed by atoms with Gasteiger partial charge in [-0.1, -0.05) is 43.8 Å². The molecule has 2 aromatic rings. The summed E-state index contributed by atoms with van der Waals surface area (Å²) in [6.07, 6.45) is 0. The van der Waals surface area contributed by atoms with Crippen LogP contribution in [0.4, 0.5) is 5.69 Å². The summed E-state index contributed by atoms with van der Waals surface area (Å²) in [6.45, 7) is 11.3. The summed E-state index contributed by atoms with van der Waals surface area (Å²) < 4.78 is 2.22. The molecule has 0 aliphatic rings. The minimum Gasteiger partial charge on any atom is -0.325 e. The molecule has 0 aliphatic carbocycles. The van der Waals surface area contributed by atoms with Crippen LogP contribution in [0, 0.1) is 19.8 Å². The molecular formula is C18H25N3OS. The van der Waals surface area contributed by atoms with Gasteiger partial charge in [0.1, 0.15) is 0 Å². The van der Waals surface area contributed by atoms with Crippen molar-refractivity contribution in [3.8, 4) is 0 Å². The van der Waals surface area contributed by atoms with Crippen molar-refractivity contribution >= 4 is 23.4 Å². The molecule has 1 aromatic carbocycles. The number of para-hydroxylation sites is 1. The maximum Gasteiger partial charge on any atom is 0.237 e. The topological polar surface area (TPSA) is 46.9 Å². The van der Waals surface area contributed by atoms with E-state index in [0.29, 0.717) is 5.92 Å². The lowest BCUT2D eigenvalue weighted by Crippen LogP contribution is -2.23. The summed E-state index contributed by atoms with van der Waals surface area (Å²) in [5.74, 6) is 0.533. The molecule has 1 atom stereocenters. The maximum atomic E-state index is 12.4. The van der Waals surface area contributed by atoms with Crippen molar-refractivity contribution in [2.75, 3.05) is 5.32 Å². The average molecular weight is 331 g/mol. The van der Waals surface area contributed by atoms with E-state index >= 15 is 0 Å². The van der Waals surface area contributed by atoms with Crippen molar-refractivity contribution < 1.29 is 4.79 Å². The number of hydrogen-bond donors (Lipinski definition) is 1. The predicted molar refractivity (Wildman–Crippen MR) is 96.9 cm³/mol. The first-order chi connectivity index (χ1) is 10.9. The summed E-state index contributed by atoms with van der Waals surface area (Å²) >= 11 is 1.51. The van der Waals surface area contributed by atoms with Gasteiger partial charge in [-0.3, -0.25) is 4.79 Å². The summed E-state index contributed by atoms with van der Waals surface area (Å²) in [6, 6.07) is 9.54. The van der Waals surface area contributed by atoms with E-state index in [9.17, 15) is 4.79 Å². The van der Waals surface area contributed by atoms with Gasteiger partial charge in [-0.15, -0.1) is 0 Å². The second-order valence-corrected chi connectivity index (χ2v) is 7.49.